The summed E-state index contributed by atoms with van der Waals surface area (Å²) in [6.07, 6.45) is 4.09. The van der Waals surface area contributed by atoms with Gasteiger partial charge in [-0.15, -0.1) is 0 Å². The number of aryl methyl sites for hydroxylation is 1. The highest BCUT2D eigenvalue weighted by Gasteiger charge is 2.20. The number of anilines is 1. The molecule has 1 aliphatic carbocycles. The molecule has 1 atom stereocenters. The number of aliphatic hydroxyl groups is 1. The molecule has 1 aliphatic rings. The second kappa shape index (κ2) is 13.8. The Morgan fingerprint density at radius 1 is 1.03 bits per heavy atom. The van der Waals surface area contributed by atoms with Crippen LogP contribution < -0.4 is 20.1 Å². The van der Waals surface area contributed by atoms with Crippen LogP contribution in [0.4, 0.5) is 5.69 Å². The molecule has 0 saturated heterocycles. The Balaban J connectivity index is 1.20. The number of ether oxygens (including phenoxy) is 3. The van der Waals surface area contributed by atoms with Gasteiger partial charge in [0, 0.05) is 38.9 Å². The van der Waals surface area contributed by atoms with E-state index in [2.05, 4.69) is 22.8 Å². The van der Waals surface area contributed by atoms with Gasteiger partial charge in [0.05, 0.1) is 0 Å². The third-order valence-electron chi connectivity index (χ3n) is 5.27. The molecule has 0 aliphatic heterocycles. The molecular formula is C26H36N2O5. The zero-order valence-corrected chi connectivity index (χ0v) is 19.4. The highest BCUT2D eigenvalue weighted by atomic mass is 16.5. The summed E-state index contributed by atoms with van der Waals surface area (Å²) in [7, 11) is 0. The van der Waals surface area contributed by atoms with E-state index in [4.69, 9.17) is 14.2 Å². The highest BCUT2D eigenvalue weighted by molar-refractivity contribution is 5.88. The zero-order valence-electron chi connectivity index (χ0n) is 19.4. The number of aliphatic hydroxyl groups excluding tert-OH is 1. The van der Waals surface area contributed by atoms with E-state index in [1.165, 1.54) is 25.3 Å². The molecule has 1 amide bonds. The fourth-order valence-corrected chi connectivity index (χ4v) is 3.26. The average Bonchev–Trinajstić information content (AvgIpc) is 3.63. The lowest BCUT2D eigenvalue weighted by molar-refractivity contribution is -0.114. The number of rotatable bonds is 16. The maximum Gasteiger partial charge on any atom is 0.221 e. The van der Waals surface area contributed by atoms with Crippen molar-refractivity contribution in [3.8, 4) is 11.5 Å². The van der Waals surface area contributed by atoms with E-state index in [1.807, 2.05) is 24.3 Å². The largest absolute Gasteiger partial charge is 0.492 e. The minimum absolute atomic E-state index is 0.104. The molecule has 3 N–H and O–H groups in total. The van der Waals surface area contributed by atoms with Crippen LogP contribution in [0, 0.1) is 5.92 Å². The molecule has 0 spiro atoms. The van der Waals surface area contributed by atoms with Gasteiger partial charge in [-0.3, -0.25) is 4.79 Å². The second-order valence-corrected chi connectivity index (χ2v) is 8.49. The minimum Gasteiger partial charge on any atom is -0.492 e. The summed E-state index contributed by atoms with van der Waals surface area (Å²) in [5.74, 6) is 2.20. The molecular weight excluding hydrogens is 420 g/mol. The van der Waals surface area contributed by atoms with Gasteiger partial charge in [-0.2, -0.15) is 0 Å². The fraction of sp³-hybridized carbons (Fsp3) is 0.500. The van der Waals surface area contributed by atoms with Crippen molar-refractivity contribution in [3.05, 3.63) is 54.1 Å². The van der Waals surface area contributed by atoms with Crippen LogP contribution in [-0.2, 0) is 16.0 Å². The summed E-state index contributed by atoms with van der Waals surface area (Å²) in [5.41, 5.74) is 2.00. The monoisotopic (exact) mass is 456 g/mol. The highest BCUT2D eigenvalue weighted by Crippen LogP contribution is 2.28. The summed E-state index contributed by atoms with van der Waals surface area (Å²) in [6, 6.07) is 15.2. The third kappa shape index (κ3) is 10.7. The van der Waals surface area contributed by atoms with E-state index in [1.54, 1.807) is 12.1 Å². The topological polar surface area (TPSA) is 89.1 Å². The average molecular weight is 457 g/mol. The molecule has 0 unspecified atom stereocenters. The number of hydrogen-bond acceptors (Lipinski definition) is 6. The van der Waals surface area contributed by atoms with Gasteiger partial charge in [-0.05, 0) is 73.6 Å². The number of nitrogens with one attached hydrogen (secondary N) is 2. The van der Waals surface area contributed by atoms with Gasteiger partial charge in [0.1, 0.15) is 30.8 Å². The molecule has 1 saturated carbocycles. The Bertz CT molecular complexity index is 822. The molecule has 33 heavy (non-hydrogen) atoms. The quantitative estimate of drug-likeness (QED) is 0.336. The Morgan fingerprint density at radius 2 is 1.73 bits per heavy atom. The van der Waals surface area contributed by atoms with Gasteiger partial charge in [-0.25, -0.2) is 0 Å². The maximum atomic E-state index is 11.0. The maximum absolute atomic E-state index is 11.0. The first kappa shape index (κ1) is 25.0. The van der Waals surface area contributed by atoms with Gasteiger partial charge >= 0.3 is 0 Å². The van der Waals surface area contributed by atoms with Crippen LogP contribution in [0.3, 0.4) is 0 Å². The van der Waals surface area contributed by atoms with Crippen molar-refractivity contribution in [2.75, 3.05) is 44.8 Å². The minimum atomic E-state index is -0.606. The zero-order chi connectivity index (χ0) is 23.3. The number of benzene rings is 2. The molecule has 0 heterocycles. The first-order valence-electron chi connectivity index (χ1n) is 11.8. The molecule has 3 rings (SSSR count). The van der Waals surface area contributed by atoms with Crippen LogP contribution in [0.2, 0.25) is 0 Å². The molecule has 7 nitrogen and oxygen atoms in total. The smallest absolute Gasteiger partial charge is 0.221 e. The standard InChI is InChI=1S/C26H36N2O5/c1-20(29)28-23-8-12-25(13-9-23)32-16-14-27-17-24(30)19-33-26-10-6-21(7-11-26)3-2-15-31-18-22-4-5-22/h6-13,22,24,27,30H,2-5,14-19H2,1H3,(H,28,29)/t24-/m0/s1. The Labute approximate surface area is 196 Å². The van der Waals surface area contributed by atoms with E-state index in [0.717, 1.165) is 49.2 Å². The van der Waals surface area contributed by atoms with Crippen LogP contribution in [0.5, 0.6) is 11.5 Å². The molecule has 180 valence electrons. The van der Waals surface area contributed by atoms with Crippen LogP contribution in [-0.4, -0.2) is 56.6 Å². The van der Waals surface area contributed by atoms with Gasteiger partial charge < -0.3 is 30.0 Å². The van der Waals surface area contributed by atoms with Crippen LogP contribution in [0.25, 0.3) is 0 Å². The van der Waals surface area contributed by atoms with E-state index >= 15 is 0 Å². The Morgan fingerprint density at radius 3 is 2.42 bits per heavy atom. The molecule has 0 radical (unpaired) electrons. The van der Waals surface area contributed by atoms with Gasteiger partial charge in [0.2, 0.25) is 5.91 Å². The summed E-state index contributed by atoms with van der Waals surface area (Å²) in [6.45, 7) is 4.94. The predicted octanol–water partition coefficient (Wildman–Crippen LogP) is 3.41. The number of carbonyl (C=O) groups is 1. The predicted molar refractivity (Wildman–Crippen MR) is 129 cm³/mol. The molecule has 2 aromatic rings. The van der Waals surface area contributed by atoms with Crippen molar-refractivity contribution in [1.82, 2.24) is 5.32 Å². The van der Waals surface area contributed by atoms with Crippen molar-refractivity contribution in [2.24, 2.45) is 5.92 Å². The first-order chi connectivity index (χ1) is 16.1. The van der Waals surface area contributed by atoms with Gasteiger partial charge in [-0.1, -0.05) is 12.1 Å². The lowest BCUT2D eigenvalue weighted by Gasteiger charge is -2.14. The molecule has 0 aromatic heterocycles. The van der Waals surface area contributed by atoms with Crippen LogP contribution >= 0.6 is 0 Å². The van der Waals surface area contributed by atoms with Crippen molar-refractivity contribution in [1.29, 1.82) is 0 Å². The van der Waals surface area contributed by atoms with E-state index < -0.39 is 6.10 Å². The van der Waals surface area contributed by atoms with E-state index in [9.17, 15) is 9.90 Å². The van der Waals surface area contributed by atoms with Crippen LogP contribution in [0.1, 0.15) is 31.7 Å². The second-order valence-electron chi connectivity index (χ2n) is 8.49. The van der Waals surface area contributed by atoms with Gasteiger partial charge in [0.25, 0.3) is 0 Å². The SMILES string of the molecule is CC(=O)Nc1ccc(OCCNC[C@H](O)COc2ccc(CCCOCC3CC3)cc2)cc1. The third-order valence-corrected chi connectivity index (χ3v) is 5.27. The van der Waals surface area contributed by atoms with Crippen molar-refractivity contribution in [3.63, 3.8) is 0 Å². The fourth-order valence-electron chi connectivity index (χ4n) is 3.26. The van der Waals surface area contributed by atoms with Crippen LogP contribution in [0.15, 0.2) is 48.5 Å². The van der Waals surface area contributed by atoms with E-state index in [-0.39, 0.29) is 12.5 Å². The summed E-state index contributed by atoms with van der Waals surface area (Å²) < 4.78 is 17.0. The van der Waals surface area contributed by atoms with Crippen molar-refractivity contribution >= 4 is 11.6 Å². The summed E-state index contributed by atoms with van der Waals surface area (Å²) in [4.78, 5) is 11.0. The normalized spacial score (nSPS) is 14.0. The number of hydrogen-bond donors (Lipinski definition) is 3. The molecule has 1 fully saturated rings. The lowest BCUT2D eigenvalue weighted by atomic mass is 10.1. The number of carbonyl (C=O) groups excluding carboxylic acids is 1. The molecule has 0 bridgehead atoms. The molecule has 7 heteroatoms. The van der Waals surface area contributed by atoms with Gasteiger partial charge in [0.15, 0.2) is 0 Å². The first-order valence-corrected chi connectivity index (χ1v) is 11.8. The Hall–Kier alpha value is -2.61. The van der Waals surface area contributed by atoms with E-state index in [0.29, 0.717) is 19.7 Å². The lowest BCUT2D eigenvalue weighted by Crippen LogP contribution is -2.33. The number of amides is 1. The summed E-state index contributed by atoms with van der Waals surface area (Å²) in [5, 5.41) is 16.0. The summed E-state index contributed by atoms with van der Waals surface area (Å²) >= 11 is 0. The molecule has 2 aromatic carbocycles. The van der Waals surface area contributed by atoms with Crippen molar-refractivity contribution < 1.29 is 24.1 Å². The van der Waals surface area contributed by atoms with Crippen molar-refractivity contribution in [2.45, 2.75) is 38.7 Å². The Kier molecular flexibility index (Phi) is 10.5.